The average Bonchev–Trinajstić information content (AvgIpc) is 3.11. The second-order valence-electron chi connectivity index (χ2n) is 10.2. The molecule has 1 aliphatic carbocycles. The van der Waals surface area contributed by atoms with E-state index in [4.69, 9.17) is 23.7 Å². The van der Waals surface area contributed by atoms with E-state index >= 15 is 0 Å². The van der Waals surface area contributed by atoms with Gasteiger partial charge in [-0.15, -0.1) is 0 Å². The normalized spacial score (nSPS) is 33.8. The third kappa shape index (κ3) is 8.03. The first-order valence-electron chi connectivity index (χ1n) is 12.9. The van der Waals surface area contributed by atoms with Crippen molar-refractivity contribution in [2.45, 2.75) is 115 Å². The summed E-state index contributed by atoms with van der Waals surface area (Å²) in [4.78, 5) is 11.5. The number of carbonyl (C=O) groups excluding carboxylic acids is 1. The molecule has 0 aromatic heterocycles. The molecule has 7 heteroatoms. The summed E-state index contributed by atoms with van der Waals surface area (Å²) in [5, 5.41) is 10.9. The predicted molar refractivity (Wildman–Crippen MR) is 124 cm³/mol. The minimum atomic E-state index is -0.627. The van der Waals surface area contributed by atoms with Crippen LogP contribution in [0.4, 0.5) is 0 Å². The highest BCUT2D eigenvalue weighted by Gasteiger charge is 2.47. The van der Waals surface area contributed by atoms with Gasteiger partial charge in [-0.25, -0.2) is 0 Å². The largest absolute Gasteiger partial charge is 0.469 e. The number of carbonyl (C=O) groups is 1. The van der Waals surface area contributed by atoms with E-state index in [1.54, 1.807) is 0 Å². The molecule has 3 aliphatic rings. The molecule has 1 N–H and O–H groups in total. The quantitative estimate of drug-likeness (QED) is 0.333. The van der Waals surface area contributed by atoms with Gasteiger partial charge in [0.1, 0.15) is 12.0 Å². The Balaban J connectivity index is 1.83. The molecule has 6 atom stereocenters. The van der Waals surface area contributed by atoms with E-state index in [1.807, 2.05) is 0 Å². The van der Waals surface area contributed by atoms with Crippen molar-refractivity contribution < 1.29 is 33.6 Å². The number of aliphatic hydroxyl groups excluding tert-OH is 1. The van der Waals surface area contributed by atoms with Crippen LogP contribution >= 0.6 is 0 Å². The summed E-state index contributed by atoms with van der Waals surface area (Å²) in [6, 6.07) is 0. The Hall–Kier alpha value is -0.990. The fourth-order valence-electron chi connectivity index (χ4n) is 5.04. The molecule has 0 aromatic rings. The summed E-state index contributed by atoms with van der Waals surface area (Å²) >= 11 is 0. The van der Waals surface area contributed by atoms with Crippen LogP contribution in [0, 0.1) is 11.8 Å². The van der Waals surface area contributed by atoms with Crippen LogP contribution in [-0.2, 0) is 28.5 Å². The summed E-state index contributed by atoms with van der Waals surface area (Å²) in [6.45, 7) is 8.32. The van der Waals surface area contributed by atoms with Crippen LogP contribution in [0.2, 0.25) is 0 Å². The van der Waals surface area contributed by atoms with Crippen molar-refractivity contribution in [3.05, 3.63) is 11.8 Å². The van der Waals surface area contributed by atoms with Crippen LogP contribution in [0.25, 0.3) is 0 Å². The number of aldehydes is 1. The highest BCUT2D eigenvalue weighted by molar-refractivity contribution is 5.50. The third-order valence-electron chi connectivity index (χ3n) is 6.89. The van der Waals surface area contributed by atoms with Crippen molar-refractivity contribution in [3.63, 3.8) is 0 Å². The second-order valence-corrected chi connectivity index (χ2v) is 10.2. The van der Waals surface area contributed by atoms with Gasteiger partial charge >= 0.3 is 0 Å². The molecule has 2 saturated heterocycles. The fourth-order valence-corrected chi connectivity index (χ4v) is 5.04. The second kappa shape index (κ2) is 13.2. The molecular formula is C26H44O7. The van der Waals surface area contributed by atoms with E-state index in [1.165, 1.54) is 0 Å². The first-order chi connectivity index (χ1) is 15.9. The van der Waals surface area contributed by atoms with Crippen LogP contribution < -0.4 is 0 Å². The van der Waals surface area contributed by atoms with Gasteiger partial charge < -0.3 is 33.6 Å². The van der Waals surface area contributed by atoms with Crippen molar-refractivity contribution in [3.8, 4) is 0 Å². The van der Waals surface area contributed by atoms with Gasteiger partial charge in [0.05, 0.1) is 24.4 Å². The van der Waals surface area contributed by atoms with Crippen LogP contribution in [0.1, 0.15) is 85.0 Å². The number of hydrogen-bond acceptors (Lipinski definition) is 7. The molecule has 3 rings (SSSR count). The first-order valence-corrected chi connectivity index (χ1v) is 12.9. The Bertz CT molecular complexity index is 608. The number of hydrogen-bond donors (Lipinski definition) is 1. The zero-order valence-corrected chi connectivity index (χ0v) is 20.7. The summed E-state index contributed by atoms with van der Waals surface area (Å²) in [7, 11) is 0. The van der Waals surface area contributed by atoms with E-state index in [0.717, 1.165) is 57.0 Å². The van der Waals surface area contributed by atoms with Crippen molar-refractivity contribution in [2.24, 2.45) is 11.8 Å². The molecule has 0 aromatic carbocycles. The summed E-state index contributed by atoms with van der Waals surface area (Å²) in [5.74, 6) is 0.258. The Morgan fingerprint density at radius 2 is 1.79 bits per heavy atom. The van der Waals surface area contributed by atoms with Crippen LogP contribution in [0.3, 0.4) is 0 Å². The Kier molecular flexibility index (Phi) is 10.6. The number of ether oxygens (including phenoxy) is 5. The summed E-state index contributed by atoms with van der Waals surface area (Å²) in [6.07, 6.45) is 9.71. The van der Waals surface area contributed by atoms with Gasteiger partial charge in [0, 0.05) is 44.3 Å². The van der Waals surface area contributed by atoms with E-state index in [-0.39, 0.29) is 42.5 Å². The van der Waals surface area contributed by atoms with E-state index in [0.29, 0.717) is 32.7 Å². The van der Waals surface area contributed by atoms with Gasteiger partial charge in [-0.2, -0.15) is 0 Å². The van der Waals surface area contributed by atoms with Crippen LogP contribution in [0.5, 0.6) is 0 Å². The van der Waals surface area contributed by atoms with Gasteiger partial charge in [0.2, 0.25) is 0 Å². The molecule has 2 heterocycles. The zero-order valence-electron chi connectivity index (χ0n) is 20.7. The van der Waals surface area contributed by atoms with Crippen molar-refractivity contribution in [1.82, 2.24) is 0 Å². The Morgan fingerprint density at radius 1 is 1.09 bits per heavy atom. The molecule has 2 aliphatic heterocycles. The van der Waals surface area contributed by atoms with E-state index < -0.39 is 6.10 Å². The SMILES string of the molecule is CCCOC(C)(C)CC=C(OC1CCCCO1)[C@H]1[C@H](CC=O)[C@H](O)C[C@@H]1OC1CCCCO1. The average molecular weight is 469 g/mol. The molecule has 3 fully saturated rings. The predicted octanol–water partition coefficient (Wildman–Crippen LogP) is 4.51. The number of rotatable bonds is 12. The maximum absolute atomic E-state index is 11.5. The van der Waals surface area contributed by atoms with Gasteiger partial charge in [0.15, 0.2) is 12.6 Å². The van der Waals surface area contributed by atoms with Crippen molar-refractivity contribution in [2.75, 3.05) is 19.8 Å². The molecule has 1 saturated carbocycles. The Labute approximate surface area is 199 Å². The topological polar surface area (TPSA) is 83.5 Å². The first kappa shape index (κ1) is 26.6. The van der Waals surface area contributed by atoms with Gasteiger partial charge in [-0.05, 0) is 64.9 Å². The van der Waals surface area contributed by atoms with Crippen LogP contribution in [0.15, 0.2) is 11.8 Å². The molecule has 7 nitrogen and oxygen atoms in total. The highest BCUT2D eigenvalue weighted by atomic mass is 16.7. The van der Waals surface area contributed by atoms with Crippen LogP contribution in [-0.4, -0.2) is 61.6 Å². The Morgan fingerprint density at radius 3 is 2.39 bits per heavy atom. The van der Waals surface area contributed by atoms with Gasteiger partial charge in [-0.1, -0.05) is 6.92 Å². The molecule has 33 heavy (non-hydrogen) atoms. The van der Waals surface area contributed by atoms with Gasteiger partial charge in [0.25, 0.3) is 0 Å². The molecule has 190 valence electrons. The molecule has 0 radical (unpaired) electrons. The maximum Gasteiger partial charge on any atom is 0.199 e. The lowest BCUT2D eigenvalue weighted by Crippen LogP contribution is -2.35. The zero-order chi connectivity index (χ0) is 23.7. The van der Waals surface area contributed by atoms with E-state index in [9.17, 15) is 9.90 Å². The molecular weight excluding hydrogens is 424 g/mol. The maximum atomic E-state index is 11.5. The lowest BCUT2D eigenvalue weighted by Gasteiger charge is -2.34. The molecule has 0 amide bonds. The lowest BCUT2D eigenvalue weighted by atomic mass is 9.88. The molecule has 2 unspecified atom stereocenters. The smallest absolute Gasteiger partial charge is 0.199 e. The fraction of sp³-hybridized carbons (Fsp3) is 0.885. The molecule has 0 spiro atoms. The summed E-state index contributed by atoms with van der Waals surface area (Å²) < 4.78 is 30.6. The van der Waals surface area contributed by atoms with Crippen molar-refractivity contribution in [1.29, 1.82) is 0 Å². The van der Waals surface area contributed by atoms with Crippen molar-refractivity contribution >= 4 is 6.29 Å². The molecule has 0 bridgehead atoms. The monoisotopic (exact) mass is 468 g/mol. The lowest BCUT2D eigenvalue weighted by molar-refractivity contribution is -0.201. The standard InChI is InChI=1S/C26H44O7/c1-4-15-31-26(2,3)13-11-21(32-23-9-5-7-16-29-23)25-19(12-14-27)20(28)18-22(25)33-24-10-6-8-17-30-24/h11,14,19-20,22-25,28H,4-10,12-13,15-18H2,1-3H3/t19-,20-,22+,23?,24?,25-/m1/s1. The van der Waals surface area contributed by atoms with Gasteiger partial charge in [-0.3, -0.25) is 0 Å². The van der Waals surface area contributed by atoms with E-state index in [2.05, 4.69) is 26.8 Å². The minimum absolute atomic E-state index is 0.233. The minimum Gasteiger partial charge on any atom is -0.469 e. The number of aliphatic hydroxyl groups is 1. The highest BCUT2D eigenvalue weighted by Crippen LogP contribution is 2.43. The third-order valence-corrected chi connectivity index (χ3v) is 6.89. The summed E-state index contributed by atoms with van der Waals surface area (Å²) in [5.41, 5.74) is -0.349.